The predicted molar refractivity (Wildman–Crippen MR) is 105 cm³/mol. The molecule has 2 aromatic heterocycles. The Bertz CT molecular complexity index is 1290. The molecule has 0 saturated carbocycles. The van der Waals surface area contributed by atoms with Crippen LogP contribution in [0.15, 0.2) is 59.5 Å². The molecular formula is C21H16F2N4O2. The fourth-order valence-electron chi connectivity index (χ4n) is 3.13. The van der Waals surface area contributed by atoms with Crippen molar-refractivity contribution in [2.24, 2.45) is 7.05 Å². The minimum absolute atomic E-state index is 0.0409. The number of nitrogens with zero attached hydrogens (tertiary/aromatic N) is 3. The highest BCUT2D eigenvalue weighted by atomic mass is 19.1. The molecule has 8 heteroatoms. The number of hydrogen-bond acceptors (Lipinski definition) is 3. The maximum atomic E-state index is 14.2. The van der Waals surface area contributed by atoms with E-state index < -0.39 is 23.1 Å². The predicted octanol–water partition coefficient (Wildman–Crippen LogP) is 3.56. The minimum Gasteiger partial charge on any atom is -0.317 e. The van der Waals surface area contributed by atoms with E-state index in [0.717, 1.165) is 22.4 Å². The van der Waals surface area contributed by atoms with E-state index in [1.165, 1.54) is 29.9 Å². The molecule has 4 rings (SSSR count). The smallest absolute Gasteiger partial charge is 0.275 e. The van der Waals surface area contributed by atoms with Crippen molar-refractivity contribution in [3.05, 3.63) is 87.8 Å². The highest BCUT2D eigenvalue weighted by Crippen LogP contribution is 2.23. The number of aromatic nitrogens is 3. The van der Waals surface area contributed by atoms with Crippen LogP contribution in [0.25, 0.3) is 16.7 Å². The number of benzene rings is 2. The van der Waals surface area contributed by atoms with E-state index >= 15 is 0 Å². The first-order chi connectivity index (χ1) is 13.9. The highest BCUT2D eigenvalue weighted by Gasteiger charge is 2.19. The van der Waals surface area contributed by atoms with Gasteiger partial charge in [-0.15, -0.1) is 0 Å². The molecule has 146 valence electrons. The van der Waals surface area contributed by atoms with Crippen LogP contribution in [0.1, 0.15) is 15.9 Å². The van der Waals surface area contributed by atoms with E-state index in [4.69, 9.17) is 0 Å². The third-order valence-corrected chi connectivity index (χ3v) is 4.64. The number of aryl methyl sites for hydroxylation is 2. The van der Waals surface area contributed by atoms with Crippen LogP contribution in [0, 0.1) is 18.6 Å². The van der Waals surface area contributed by atoms with Crippen molar-refractivity contribution in [2.75, 3.05) is 5.32 Å². The van der Waals surface area contributed by atoms with Gasteiger partial charge in [-0.1, -0.05) is 23.8 Å². The van der Waals surface area contributed by atoms with Gasteiger partial charge in [0.2, 0.25) is 0 Å². The molecule has 0 aliphatic rings. The van der Waals surface area contributed by atoms with Gasteiger partial charge in [0.15, 0.2) is 11.6 Å². The summed E-state index contributed by atoms with van der Waals surface area (Å²) in [6.07, 6.45) is 1.38. The Hall–Kier alpha value is -3.81. The number of para-hydroxylation sites is 1. The van der Waals surface area contributed by atoms with Gasteiger partial charge in [-0.2, -0.15) is 5.10 Å². The first-order valence-electron chi connectivity index (χ1n) is 8.77. The normalized spacial score (nSPS) is 11.0. The van der Waals surface area contributed by atoms with Crippen LogP contribution >= 0.6 is 0 Å². The van der Waals surface area contributed by atoms with E-state index in [9.17, 15) is 18.4 Å². The van der Waals surface area contributed by atoms with E-state index in [2.05, 4.69) is 10.4 Å². The molecule has 0 bridgehead atoms. The van der Waals surface area contributed by atoms with E-state index in [-0.39, 0.29) is 17.0 Å². The summed E-state index contributed by atoms with van der Waals surface area (Å²) in [5, 5.41) is 7.07. The minimum atomic E-state index is -0.806. The summed E-state index contributed by atoms with van der Waals surface area (Å²) in [4.78, 5) is 25.2. The number of fused-ring (bicyclic) bond motifs is 1. The molecule has 0 saturated heterocycles. The molecule has 0 fully saturated rings. The van der Waals surface area contributed by atoms with Crippen LogP contribution in [-0.4, -0.2) is 20.3 Å². The molecule has 0 aliphatic carbocycles. The molecule has 4 aromatic rings. The summed E-state index contributed by atoms with van der Waals surface area (Å²) < 4.78 is 30.6. The number of carbonyl (C=O) groups excluding carboxylic acids is 1. The summed E-state index contributed by atoms with van der Waals surface area (Å²) in [6.45, 7) is 1.90. The van der Waals surface area contributed by atoms with Crippen LogP contribution < -0.4 is 10.9 Å². The van der Waals surface area contributed by atoms with Gasteiger partial charge in [0, 0.05) is 18.0 Å². The number of hydrogen-bond donors (Lipinski definition) is 1. The number of anilines is 1. The average Bonchev–Trinajstić information content (AvgIpc) is 3.10. The zero-order chi connectivity index (χ0) is 20.7. The number of nitrogens with one attached hydrogen (secondary N) is 1. The van der Waals surface area contributed by atoms with Crippen molar-refractivity contribution in [1.82, 2.24) is 14.3 Å². The second-order valence-corrected chi connectivity index (χ2v) is 6.65. The summed E-state index contributed by atoms with van der Waals surface area (Å²) in [7, 11) is 1.45. The molecule has 2 aromatic carbocycles. The largest absolute Gasteiger partial charge is 0.317 e. The SMILES string of the molecule is Cc1ccc(C(=O)Nc2cc3cnn(-c4c(F)cccc4F)c3n(C)c2=O)cc1. The van der Waals surface area contributed by atoms with Crippen molar-refractivity contribution in [2.45, 2.75) is 6.92 Å². The van der Waals surface area contributed by atoms with Gasteiger partial charge in [-0.25, -0.2) is 13.5 Å². The third kappa shape index (κ3) is 3.18. The quantitative estimate of drug-likeness (QED) is 0.578. The van der Waals surface area contributed by atoms with E-state index in [0.29, 0.717) is 10.9 Å². The van der Waals surface area contributed by atoms with E-state index in [1.54, 1.807) is 24.3 Å². The lowest BCUT2D eigenvalue weighted by Gasteiger charge is -2.11. The molecule has 0 spiro atoms. The molecule has 0 unspecified atom stereocenters. The Morgan fingerprint density at radius 3 is 2.38 bits per heavy atom. The Labute approximate surface area is 164 Å². The van der Waals surface area contributed by atoms with Crippen molar-refractivity contribution in [3.63, 3.8) is 0 Å². The van der Waals surface area contributed by atoms with Crippen molar-refractivity contribution in [1.29, 1.82) is 0 Å². The van der Waals surface area contributed by atoms with Gasteiger partial charge in [0.1, 0.15) is 17.0 Å². The molecule has 0 radical (unpaired) electrons. The molecule has 6 nitrogen and oxygen atoms in total. The number of carbonyl (C=O) groups is 1. The zero-order valence-corrected chi connectivity index (χ0v) is 15.6. The molecule has 0 atom stereocenters. The molecule has 2 heterocycles. The zero-order valence-electron chi connectivity index (χ0n) is 15.6. The Balaban J connectivity index is 1.80. The maximum absolute atomic E-state index is 14.2. The fourth-order valence-corrected chi connectivity index (χ4v) is 3.13. The first kappa shape index (κ1) is 18.5. The van der Waals surface area contributed by atoms with Crippen LogP contribution in [0.5, 0.6) is 0 Å². The topological polar surface area (TPSA) is 68.9 Å². The Morgan fingerprint density at radius 1 is 1.07 bits per heavy atom. The summed E-state index contributed by atoms with van der Waals surface area (Å²) in [5.41, 5.74) is 0.741. The summed E-state index contributed by atoms with van der Waals surface area (Å²) >= 11 is 0. The lowest BCUT2D eigenvalue weighted by atomic mass is 10.1. The lowest BCUT2D eigenvalue weighted by Crippen LogP contribution is -2.25. The highest BCUT2D eigenvalue weighted by molar-refractivity contribution is 6.04. The van der Waals surface area contributed by atoms with E-state index in [1.807, 2.05) is 6.92 Å². The Kier molecular flexibility index (Phi) is 4.46. The van der Waals surface area contributed by atoms with Gasteiger partial charge >= 0.3 is 0 Å². The number of pyridine rings is 1. The van der Waals surface area contributed by atoms with Gasteiger partial charge in [0.25, 0.3) is 11.5 Å². The van der Waals surface area contributed by atoms with Crippen LogP contribution in [0.4, 0.5) is 14.5 Å². The second kappa shape index (κ2) is 6.97. The number of amides is 1. The summed E-state index contributed by atoms with van der Waals surface area (Å²) in [6, 6.07) is 11.8. The van der Waals surface area contributed by atoms with Crippen LogP contribution in [0.3, 0.4) is 0 Å². The van der Waals surface area contributed by atoms with Crippen molar-refractivity contribution >= 4 is 22.6 Å². The Morgan fingerprint density at radius 2 is 1.72 bits per heavy atom. The molecule has 29 heavy (non-hydrogen) atoms. The molecule has 0 aliphatic heterocycles. The third-order valence-electron chi connectivity index (χ3n) is 4.64. The molecule has 1 N–H and O–H groups in total. The van der Waals surface area contributed by atoms with Crippen molar-refractivity contribution in [3.8, 4) is 5.69 Å². The van der Waals surface area contributed by atoms with Crippen LogP contribution in [-0.2, 0) is 7.05 Å². The first-order valence-corrected chi connectivity index (χ1v) is 8.77. The maximum Gasteiger partial charge on any atom is 0.275 e. The summed E-state index contributed by atoms with van der Waals surface area (Å²) in [5.74, 6) is -2.05. The van der Waals surface area contributed by atoms with Crippen molar-refractivity contribution < 1.29 is 13.6 Å². The molecular weight excluding hydrogens is 378 g/mol. The monoisotopic (exact) mass is 394 g/mol. The average molecular weight is 394 g/mol. The lowest BCUT2D eigenvalue weighted by molar-refractivity contribution is 0.102. The number of halogens is 2. The van der Waals surface area contributed by atoms with Gasteiger partial charge in [-0.05, 0) is 37.3 Å². The second-order valence-electron chi connectivity index (χ2n) is 6.65. The van der Waals surface area contributed by atoms with Crippen LogP contribution in [0.2, 0.25) is 0 Å². The standard InChI is InChI=1S/C21H16F2N4O2/c1-12-6-8-13(9-7-12)19(28)25-17-10-14-11-24-27(20(14)26(2)21(17)29)18-15(22)4-3-5-16(18)23/h3-11H,1-2H3,(H,25,28). The molecule has 1 amide bonds. The van der Waals surface area contributed by atoms with Gasteiger partial charge < -0.3 is 5.32 Å². The fraction of sp³-hybridized carbons (Fsp3) is 0.0952. The van der Waals surface area contributed by atoms with Gasteiger partial charge in [0.05, 0.1) is 6.20 Å². The number of rotatable bonds is 3. The van der Waals surface area contributed by atoms with Gasteiger partial charge in [-0.3, -0.25) is 14.2 Å².